The Morgan fingerprint density at radius 1 is 1.08 bits per heavy atom. The van der Waals surface area contributed by atoms with Crippen LogP contribution < -0.4 is 25.4 Å². The van der Waals surface area contributed by atoms with Crippen LogP contribution in [0.1, 0.15) is 12.0 Å². The van der Waals surface area contributed by atoms with Gasteiger partial charge in [0.05, 0.1) is 11.4 Å². The fourth-order valence-corrected chi connectivity index (χ4v) is 5.16. The van der Waals surface area contributed by atoms with Crippen LogP contribution in [0.3, 0.4) is 0 Å². The number of amides is 1. The van der Waals surface area contributed by atoms with Crippen molar-refractivity contribution in [3.63, 3.8) is 0 Å². The van der Waals surface area contributed by atoms with E-state index in [2.05, 4.69) is 16.9 Å². The van der Waals surface area contributed by atoms with Crippen LogP contribution in [0.15, 0.2) is 84.3 Å². The number of aromatic nitrogens is 3. The lowest BCUT2D eigenvalue weighted by Crippen LogP contribution is -2.44. The molecule has 2 aliphatic rings. The summed E-state index contributed by atoms with van der Waals surface area (Å²) in [5, 5.41) is 3.98. The molecule has 0 spiro atoms. The summed E-state index contributed by atoms with van der Waals surface area (Å²) >= 11 is 0. The van der Waals surface area contributed by atoms with Crippen LogP contribution in [-0.2, 0) is 11.3 Å². The fourth-order valence-electron chi connectivity index (χ4n) is 5.16. The minimum Gasteiger partial charge on any atom is -0.489 e. The van der Waals surface area contributed by atoms with Gasteiger partial charge < -0.3 is 19.9 Å². The van der Waals surface area contributed by atoms with Crippen molar-refractivity contribution in [2.24, 2.45) is 0 Å². The van der Waals surface area contributed by atoms with Crippen molar-refractivity contribution in [3.05, 3.63) is 95.5 Å². The summed E-state index contributed by atoms with van der Waals surface area (Å²) in [7, 11) is 0. The number of fused-ring (bicyclic) bond motifs is 4. The Kier molecular flexibility index (Phi) is 6.32. The predicted octanol–water partition coefficient (Wildman–Crippen LogP) is 4.85. The third-order valence-electron chi connectivity index (χ3n) is 6.99. The number of ether oxygens (including phenoxy) is 1. The van der Waals surface area contributed by atoms with Crippen molar-refractivity contribution in [2.75, 3.05) is 34.8 Å². The van der Waals surface area contributed by atoms with Crippen LogP contribution in [-0.4, -0.2) is 40.1 Å². The van der Waals surface area contributed by atoms with Crippen LogP contribution in [0.4, 0.5) is 28.7 Å². The molecule has 0 atom stereocenters. The fraction of sp³-hybridized carbons (Fsp3) is 0.200. The van der Waals surface area contributed by atoms with Crippen molar-refractivity contribution < 1.29 is 9.53 Å². The van der Waals surface area contributed by atoms with E-state index in [9.17, 15) is 9.59 Å². The molecular formula is C30H28N6O3. The number of aryl methyl sites for hydroxylation is 2. The van der Waals surface area contributed by atoms with Gasteiger partial charge in [-0.1, -0.05) is 36.9 Å². The number of hydrogen-bond donors (Lipinski definition) is 1. The standard InChI is InChI=1S/C30H28N6O3/c1-3-26(37)35-15-14-34(24-12-7-9-20(2)27(24)35)25-17-21-19-31-30-32-22-10-8-11-23(18-22)39-16-6-4-5-13-36(29(25)38)28(21)33-30/h3-4,6-12,17-19H,1,5,13-16H2,2H3,(H,31,32,33)/b6-4+. The Bertz CT molecular complexity index is 1690. The van der Waals surface area contributed by atoms with Gasteiger partial charge in [0.15, 0.2) is 0 Å². The Morgan fingerprint density at radius 2 is 1.95 bits per heavy atom. The minimum atomic E-state index is -0.163. The number of anilines is 5. The van der Waals surface area contributed by atoms with Gasteiger partial charge in [-0.15, -0.1) is 0 Å². The summed E-state index contributed by atoms with van der Waals surface area (Å²) in [5.74, 6) is 0.976. The molecule has 196 valence electrons. The highest BCUT2D eigenvalue weighted by Crippen LogP contribution is 2.39. The van der Waals surface area contributed by atoms with Gasteiger partial charge in [0.2, 0.25) is 5.95 Å². The molecule has 39 heavy (non-hydrogen) atoms. The highest BCUT2D eigenvalue weighted by molar-refractivity contribution is 6.05. The lowest BCUT2D eigenvalue weighted by Gasteiger charge is -2.38. The number of allylic oxidation sites excluding steroid dienone is 1. The SMILES string of the molecule is C=CC(=O)N1CCN(c2cc3cnc4nc3n(c2=O)CC/C=C/COc2cccc(c2)N4)c2cccc(C)c21. The third kappa shape index (κ3) is 4.52. The number of benzene rings is 2. The van der Waals surface area contributed by atoms with Gasteiger partial charge >= 0.3 is 0 Å². The molecule has 1 amide bonds. The summed E-state index contributed by atoms with van der Waals surface area (Å²) in [6.07, 6.45) is 7.66. The second kappa shape index (κ2) is 10.1. The normalized spacial score (nSPS) is 15.6. The quantitative estimate of drug-likeness (QED) is 0.298. The number of hydrogen-bond acceptors (Lipinski definition) is 7. The monoisotopic (exact) mass is 520 g/mol. The molecule has 0 saturated carbocycles. The molecule has 2 aliphatic heterocycles. The predicted molar refractivity (Wildman–Crippen MR) is 154 cm³/mol. The summed E-state index contributed by atoms with van der Waals surface area (Å²) < 4.78 is 7.54. The highest BCUT2D eigenvalue weighted by atomic mass is 16.5. The maximum absolute atomic E-state index is 14.1. The van der Waals surface area contributed by atoms with Crippen molar-refractivity contribution in [2.45, 2.75) is 19.9 Å². The van der Waals surface area contributed by atoms with Crippen molar-refractivity contribution in [1.29, 1.82) is 0 Å². The molecule has 4 bridgehead atoms. The molecule has 0 radical (unpaired) electrons. The Hall–Kier alpha value is -4.92. The molecule has 0 unspecified atom stereocenters. The summed E-state index contributed by atoms with van der Waals surface area (Å²) in [4.78, 5) is 39.7. The van der Waals surface area contributed by atoms with E-state index in [1.54, 1.807) is 15.7 Å². The molecule has 4 aromatic rings. The number of carbonyl (C=O) groups excluding carboxylic acids is 1. The van der Waals surface area contributed by atoms with Crippen molar-refractivity contribution in [3.8, 4) is 5.75 Å². The number of pyridine rings is 1. The van der Waals surface area contributed by atoms with Gasteiger partial charge in [0, 0.05) is 43.0 Å². The molecule has 2 aromatic carbocycles. The van der Waals surface area contributed by atoms with E-state index < -0.39 is 0 Å². The first-order valence-electron chi connectivity index (χ1n) is 12.9. The molecule has 9 heteroatoms. The zero-order valence-electron chi connectivity index (χ0n) is 21.6. The maximum atomic E-state index is 14.1. The maximum Gasteiger partial charge on any atom is 0.276 e. The Morgan fingerprint density at radius 3 is 2.82 bits per heavy atom. The number of nitrogens with one attached hydrogen (secondary N) is 1. The Labute approximate surface area is 225 Å². The van der Waals surface area contributed by atoms with Crippen LogP contribution in [0.2, 0.25) is 0 Å². The number of nitrogens with zero attached hydrogens (tertiary/aromatic N) is 5. The van der Waals surface area contributed by atoms with Gasteiger partial charge in [-0.2, -0.15) is 4.98 Å². The zero-order valence-corrected chi connectivity index (χ0v) is 21.6. The first-order valence-corrected chi connectivity index (χ1v) is 12.9. The van der Waals surface area contributed by atoms with Crippen LogP contribution >= 0.6 is 0 Å². The number of rotatable bonds is 2. The molecule has 0 aliphatic carbocycles. The van der Waals surface area contributed by atoms with Crippen LogP contribution in [0, 0.1) is 6.92 Å². The zero-order chi connectivity index (χ0) is 26.9. The summed E-state index contributed by atoms with van der Waals surface area (Å²) in [5.41, 5.74) is 4.26. The molecule has 0 saturated heterocycles. The lowest BCUT2D eigenvalue weighted by atomic mass is 10.1. The van der Waals surface area contributed by atoms with Gasteiger partial charge in [-0.3, -0.25) is 14.2 Å². The largest absolute Gasteiger partial charge is 0.489 e. The minimum absolute atomic E-state index is 0.151. The average Bonchev–Trinajstić information content (AvgIpc) is 2.95. The summed E-state index contributed by atoms with van der Waals surface area (Å²) in [6, 6.07) is 15.3. The molecule has 6 rings (SSSR count). The molecule has 1 N–H and O–H groups in total. The van der Waals surface area contributed by atoms with Crippen molar-refractivity contribution in [1.82, 2.24) is 14.5 Å². The van der Waals surface area contributed by atoms with E-state index in [1.807, 2.05) is 72.5 Å². The van der Waals surface area contributed by atoms with Gasteiger partial charge in [-0.05, 0) is 49.2 Å². The molecule has 0 fully saturated rings. The number of carbonyl (C=O) groups is 1. The van der Waals surface area contributed by atoms with Gasteiger partial charge in [0.25, 0.3) is 11.5 Å². The van der Waals surface area contributed by atoms with E-state index >= 15 is 0 Å². The second-order valence-electron chi connectivity index (χ2n) is 9.47. The smallest absolute Gasteiger partial charge is 0.276 e. The first kappa shape index (κ1) is 24.4. The van der Waals surface area contributed by atoms with Gasteiger partial charge in [0.1, 0.15) is 23.7 Å². The lowest BCUT2D eigenvalue weighted by molar-refractivity contribution is -0.114. The molecule has 4 heterocycles. The molecular weight excluding hydrogens is 492 g/mol. The van der Waals surface area contributed by atoms with E-state index in [0.717, 1.165) is 33.8 Å². The van der Waals surface area contributed by atoms with E-state index in [4.69, 9.17) is 9.72 Å². The van der Waals surface area contributed by atoms with Gasteiger partial charge in [-0.25, -0.2) is 4.98 Å². The molecule has 9 nitrogen and oxygen atoms in total. The second-order valence-corrected chi connectivity index (χ2v) is 9.47. The van der Waals surface area contributed by atoms with E-state index in [-0.39, 0.29) is 11.5 Å². The van der Waals surface area contributed by atoms with E-state index in [0.29, 0.717) is 49.9 Å². The topological polar surface area (TPSA) is 92.6 Å². The first-order chi connectivity index (χ1) is 19.0. The van der Waals surface area contributed by atoms with E-state index in [1.165, 1.54) is 6.08 Å². The van der Waals surface area contributed by atoms with Crippen LogP contribution in [0.5, 0.6) is 5.75 Å². The van der Waals surface area contributed by atoms with Crippen LogP contribution in [0.25, 0.3) is 11.0 Å². The third-order valence-corrected chi connectivity index (χ3v) is 6.99. The number of para-hydroxylation sites is 1. The average molecular weight is 521 g/mol. The Balaban J connectivity index is 1.49. The molecule has 2 aromatic heterocycles. The highest BCUT2D eigenvalue weighted by Gasteiger charge is 2.30. The van der Waals surface area contributed by atoms with Crippen molar-refractivity contribution >= 4 is 45.6 Å². The summed E-state index contributed by atoms with van der Waals surface area (Å²) in [6.45, 7) is 7.40.